The molecular weight excluding hydrogens is 603 g/mol. The molecule has 0 heterocycles. The summed E-state index contributed by atoms with van der Waals surface area (Å²) < 4.78 is 0. The Kier molecular flexibility index (Phi) is 26.2. The fourth-order valence-electron chi connectivity index (χ4n) is 5.14. The van der Waals surface area contributed by atoms with E-state index in [1.165, 1.54) is 27.8 Å². The van der Waals surface area contributed by atoms with Crippen molar-refractivity contribution < 1.29 is 0 Å². The Morgan fingerprint density at radius 2 is 0.500 bits per heavy atom. The quantitative estimate of drug-likeness (QED) is 0.153. The minimum Gasteiger partial charge on any atom is -0.311 e. The van der Waals surface area contributed by atoms with E-state index in [1.807, 2.05) is 83.1 Å². The summed E-state index contributed by atoms with van der Waals surface area (Å²) in [6.07, 6.45) is 0. The van der Waals surface area contributed by atoms with Crippen molar-refractivity contribution in [1.82, 2.24) is 0 Å². The third-order valence-corrected chi connectivity index (χ3v) is 7.00. The molecule has 0 bridgehead atoms. The average molecular weight is 668 g/mol. The predicted molar refractivity (Wildman–Crippen MR) is 228 cm³/mol. The van der Waals surface area contributed by atoms with Gasteiger partial charge in [-0.05, 0) is 64.2 Å². The summed E-state index contributed by atoms with van der Waals surface area (Å²) in [5, 5.41) is 0. The number of hydrogen-bond acceptors (Lipinski definition) is 1. The number of para-hydroxylation sites is 2. The van der Waals surface area contributed by atoms with Gasteiger partial charge >= 0.3 is 0 Å². The van der Waals surface area contributed by atoms with Crippen molar-refractivity contribution >= 4 is 17.1 Å². The zero-order chi connectivity index (χ0) is 37.6. The van der Waals surface area contributed by atoms with Crippen LogP contribution in [0.4, 0.5) is 17.1 Å². The Labute approximate surface area is 307 Å². The van der Waals surface area contributed by atoms with Gasteiger partial charge in [-0.25, -0.2) is 0 Å². The van der Waals surface area contributed by atoms with Crippen LogP contribution in [-0.2, 0) is 0 Å². The first-order chi connectivity index (χ1) is 24.9. The molecule has 6 aromatic rings. The molecule has 6 aromatic carbocycles. The summed E-state index contributed by atoms with van der Waals surface area (Å²) in [6.45, 7) is 24.0. The number of nitrogens with zero attached hydrogens (tertiary/aromatic N) is 1. The van der Waals surface area contributed by atoms with Crippen molar-refractivity contribution in [1.29, 1.82) is 0 Å². The van der Waals surface area contributed by atoms with Crippen molar-refractivity contribution in [2.24, 2.45) is 0 Å². The zero-order valence-electron chi connectivity index (χ0n) is 33.2. The first kappa shape index (κ1) is 45.1. The molecule has 1 heteroatoms. The number of benzene rings is 6. The Balaban J connectivity index is 0.00000182. The lowest BCUT2D eigenvalue weighted by molar-refractivity contribution is 0.978. The predicted octanol–water partition coefficient (Wildman–Crippen LogP) is 16.2. The van der Waals surface area contributed by atoms with Crippen LogP contribution in [0.3, 0.4) is 0 Å². The van der Waals surface area contributed by atoms with Gasteiger partial charge in [0.15, 0.2) is 0 Å². The van der Waals surface area contributed by atoms with E-state index in [9.17, 15) is 0 Å². The van der Waals surface area contributed by atoms with Crippen LogP contribution in [0.15, 0.2) is 170 Å². The molecule has 0 unspecified atom stereocenters. The van der Waals surface area contributed by atoms with Gasteiger partial charge < -0.3 is 4.90 Å². The highest BCUT2D eigenvalue weighted by atomic mass is 15.1. The molecule has 0 aliphatic rings. The molecule has 0 aliphatic heterocycles. The normalized spacial score (nSPS) is 8.98. The monoisotopic (exact) mass is 668 g/mol. The van der Waals surface area contributed by atoms with E-state index in [0.29, 0.717) is 0 Å². The first-order valence-corrected chi connectivity index (χ1v) is 19.1. The molecule has 0 amide bonds. The van der Waals surface area contributed by atoms with Crippen LogP contribution >= 0.6 is 0 Å². The maximum absolute atomic E-state index is 2.29. The van der Waals surface area contributed by atoms with Gasteiger partial charge in [-0.2, -0.15) is 0 Å². The van der Waals surface area contributed by atoms with Crippen LogP contribution in [0.1, 0.15) is 106 Å². The molecule has 0 saturated carbocycles. The Bertz CT molecular complexity index is 1360. The van der Waals surface area contributed by atoms with Gasteiger partial charge in [0.05, 0.1) is 0 Å². The van der Waals surface area contributed by atoms with Gasteiger partial charge in [-0.15, -0.1) is 0 Å². The number of rotatable bonds is 7. The maximum Gasteiger partial charge on any atom is 0.0462 e. The maximum atomic E-state index is 2.29. The lowest BCUT2D eigenvalue weighted by Crippen LogP contribution is -2.09. The van der Waals surface area contributed by atoms with E-state index in [-0.39, 0.29) is 5.92 Å². The minimum absolute atomic E-state index is 0.208. The minimum atomic E-state index is 0.208. The Hall–Kier alpha value is -4.88. The van der Waals surface area contributed by atoms with Crippen molar-refractivity contribution in [3.63, 3.8) is 0 Å². The molecule has 0 N–H and O–H groups in total. The van der Waals surface area contributed by atoms with Crippen LogP contribution < -0.4 is 4.90 Å². The van der Waals surface area contributed by atoms with Crippen LogP contribution in [0.2, 0.25) is 0 Å². The second-order valence-corrected chi connectivity index (χ2v) is 9.43. The molecule has 266 valence electrons. The van der Waals surface area contributed by atoms with Crippen molar-refractivity contribution in [2.45, 2.75) is 89.0 Å². The van der Waals surface area contributed by atoms with Gasteiger partial charge in [0, 0.05) is 23.0 Å². The zero-order valence-corrected chi connectivity index (χ0v) is 33.2. The summed E-state index contributed by atoms with van der Waals surface area (Å²) >= 11 is 0. The summed E-state index contributed by atoms with van der Waals surface area (Å²) in [6, 6.07) is 60.4. The number of anilines is 3. The van der Waals surface area contributed by atoms with E-state index < -0.39 is 0 Å². The van der Waals surface area contributed by atoms with E-state index in [2.05, 4.69) is 175 Å². The van der Waals surface area contributed by atoms with Crippen LogP contribution in [0.25, 0.3) is 11.1 Å². The van der Waals surface area contributed by atoms with Crippen molar-refractivity contribution in [3.05, 3.63) is 187 Å². The Morgan fingerprint density at radius 3 is 0.820 bits per heavy atom. The van der Waals surface area contributed by atoms with E-state index in [1.54, 1.807) is 0 Å². The third kappa shape index (κ3) is 13.6. The topological polar surface area (TPSA) is 3.24 Å². The molecule has 0 saturated heterocycles. The van der Waals surface area contributed by atoms with Gasteiger partial charge in [-0.3, -0.25) is 0 Å². The highest BCUT2D eigenvalue weighted by molar-refractivity contribution is 5.78. The molecule has 0 aromatic heterocycles. The SMILES string of the molecule is CC.CC.CC.CC.CC.CC.c1ccc(C(c2ccccc2)c2ccc(-c3ccc(N(c4ccccc4)c4ccccc4)cc3)cc2)cc1. The third-order valence-electron chi connectivity index (χ3n) is 7.00. The highest BCUT2D eigenvalue weighted by Crippen LogP contribution is 2.36. The van der Waals surface area contributed by atoms with E-state index in [4.69, 9.17) is 0 Å². The van der Waals surface area contributed by atoms with Crippen LogP contribution in [-0.4, -0.2) is 0 Å². The molecule has 6 rings (SSSR count). The molecule has 1 nitrogen and oxygen atoms in total. The lowest BCUT2D eigenvalue weighted by atomic mass is 9.84. The molecule has 0 radical (unpaired) electrons. The lowest BCUT2D eigenvalue weighted by Gasteiger charge is -2.25. The summed E-state index contributed by atoms with van der Waals surface area (Å²) in [5.74, 6) is 0.208. The van der Waals surface area contributed by atoms with Crippen LogP contribution in [0, 0.1) is 0 Å². The molecule has 0 spiro atoms. The summed E-state index contributed by atoms with van der Waals surface area (Å²) in [4.78, 5) is 2.29. The fourth-order valence-corrected chi connectivity index (χ4v) is 5.14. The fraction of sp³-hybridized carbons (Fsp3) is 0.265. The van der Waals surface area contributed by atoms with Crippen LogP contribution in [0.5, 0.6) is 0 Å². The summed E-state index contributed by atoms with van der Waals surface area (Å²) in [5.41, 5.74) is 9.74. The highest BCUT2D eigenvalue weighted by Gasteiger charge is 2.17. The summed E-state index contributed by atoms with van der Waals surface area (Å²) in [7, 11) is 0. The van der Waals surface area contributed by atoms with E-state index >= 15 is 0 Å². The molecule has 0 aliphatic carbocycles. The Morgan fingerprint density at radius 1 is 0.260 bits per heavy atom. The molecular formula is C49H65N. The second-order valence-electron chi connectivity index (χ2n) is 9.43. The largest absolute Gasteiger partial charge is 0.311 e. The second kappa shape index (κ2) is 29.1. The standard InChI is InChI=1S/C37H29N.6C2H6/c1-5-13-31(14-6-1)37(32-15-7-2-8-16-32)33-23-21-29(22-24-33)30-25-27-36(28-26-30)38(34-17-9-3-10-18-34)35-19-11-4-12-20-35;6*1-2/h1-28,37H;6*1-2H3. The van der Waals surface area contributed by atoms with Gasteiger partial charge in [-0.1, -0.05) is 217 Å². The molecule has 50 heavy (non-hydrogen) atoms. The van der Waals surface area contributed by atoms with E-state index in [0.717, 1.165) is 17.1 Å². The first-order valence-electron chi connectivity index (χ1n) is 19.1. The van der Waals surface area contributed by atoms with Crippen molar-refractivity contribution in [2.75, 3.05) is 4.90 Å². The van der Waals surface area contributed by atoms with Gasteiger partial charge in [0.1, 0.15) is 0 Å². The number of hydrogen-bond donors (Lipinski definition) is 0. The van der Waals surface area contributed by atoms with Gasteiger partial charge in [0.2, 0.25) is 0 Å². The molecule has 0 fully saturated rings. The van der Waals surface area contributed by atoms with Gasteiger partial charge in [0.25, 0.3) is 0 Å². The smallest absolute Gasteiger partial charge is 0.0462 e. The molecule has 0 atom stereocenters. The van der Waals surface area contributed by atoms with Crippen molar-refractivity contribution in [3.8, 4) is 11.1 Å². The average Bonchev–Trinajstić information content (AvgIpc) is 3.25.